The van der Waals surface area contributed by atoms with Gasteiger partial charge in [0.05, 0.1) is 0 Å². The Kier molecular flexibility index (Phi) is 8.39. The fourth-order valence-electron chi connectivity index (χ4n) is 3.71. The zero-order valence-corrected chi connectivity index (χ0v) is 16.8. The summed E-state index contributed by atoms with van der Waals surface area (Å²) in [7, 11) is 0. The molecule has 28 heavy (non-hydrogen) atoms. The van der Waals surface area contributed by atoms with Gasteiger partial charge in [0.25, 0.3) is 5.91 Å². The smallest absolute Gasteiger partial charge is 0.274 e. The van der Waals surface area contributed by atoms with Gasteiger partial charge < -0.3 is 0 Å². The quantitative estimate of drug-likeness (QED) is 0.411. The molecule has 5 heteroatoms. The summed E-state index contributed by atoms with van der Waals surface area (Å²) in [5, 5.41) is 8.71. The van der Waals surface area contributed by atoms with Crippen LogP contribution in [0.1, 0.15) is 29.8 Å². The number of hydroxylamine groups is 1. The molecular formula is C23H31N3O2. The van der Waals surface area contributed by atoms with Crippen molar-refractivity contribution in [2.75, 3.05) is 19.6 Å². The lowest BCUT2D eigenvalue weighted by atomic mass is 10.0. The van der Waals surface area contributed by atoms with E-state index in [1.807, 2.05) is 24.3 Å². The maximum atomic E-state index is 11.4. The van der Waals surface area contributed by atoms with Gasteiger partial charge in [-0.1, -0.05) is 55.7 Å². The summed E-state index contributed by atoms with van der Waals surface area (Å²) in [6.07, 6.45) is 9.72. The lowest BCUT2D eigenvalue weighted by Gasteiger charge is -2.44. The molecule has 1 aromatic carbocycles. The van der Waals surface area contributed by atoms with E-state index in [0.29, 0.717) is 17.6 Å². The van der Waals surface area contributed by atoms with Gasteiger partial charge in [-0.05, 0) is 37.1 Å². The van der Waals surface area contributed by atoms with Gasteiger partial charge in [-0.25, -0.2) is 5.48 Å². The van der Waals surface area contributed by atoms with Crippen molar-refractivity contribution >= 4 is 5.91 Å². The summed E-state index contributed by atoms with van der Waals surface area (Å²) in [6.45, 7) is 15.8. The molecule has 1 aromatic rings. The second-order valence-electron chi connectivity index (χ2n) is 7.27. The van der Waals surface area contributed by atoms with E-state index in [2.05, 4.69) is 49.0 Å². The molecule has 2 atom stereocenters. The van der Waals surface area contributed by atoms with Gasteiger partial charge in [0.15, 0.2) is 0 Å². The minimum Gasteiger partial charge on any atom is -0.296 e. The fourth-order valence-corrected chi connectivity index (χ4v) is 3.71. The molecule has 2 rings (SSSR count). The Balaban J connectivity index is 1.99. The molecule has 2 unspecified atom stereocenters. The zero-order chi connectivity index (χ0) is 20.5. The third kappa shape index (κ3) is 6.02. The Labute approximate surface area is 168 Å². The monoisotopic (exact) mass is 381 g/mol. The molecule has 0 aromatic heterocycles. The second kappa shape index (κ2) is 10.8. The highest BCUT2D eigenvalue weighted by Gasteiger charge is 2.29. The van der Waals surface area contributed by atoms with Crippen molar-refractivity contribution in [3.63, 3.8) is 0 Å². The summed E-state index contributed by atoms with van der Waals surface area (Å²) in [5.74, 6) is -0.490. The molecule has 1 saturated heterocycles. The van der Waals surface area contributed by atoms with E-state index in [4.69, 9.17) is 5.21 Å². The van der Waals surface area contributed by atoms with Crippen LogP contribution in [0.25, 0.3) is 0 Å². The second-order valence-corrected chi connectivity index (χ2v) is 7.27. The van der Waals surface area contributed by atoms with Gasteiger partial charge in [-0.3, -0.25) is 19.8 Å². The normalized spacial score (nSPS) is 21.6. The topological polar surface area (TPSA) is 55.8 Å². The van der Waals surface area contributed by atoms with Crippen LogP contribution in [0.5, 0.6) is 0 Å². The Morgan fingerprint density at radius 1 is 1.18 bits per heavy atom. The molecular weight excluding hydrogens is 350 g/mol. The Morgan fingerprint density at radius 2 is 1.82 bits per heavy atom. The van der Waals surface area contributed by atoms with Gasteiger partial charge >= 0.3 is 0 Å². The summed E-state index contributed by atoms with van der Waals surface area (Å²) >= 11 is 0. The first-order valence-corrected chi connectivity index (χ1v) is 9.60. The van der Waals surface area contributed by atoms with E-state index >= 15 is 0 Å². The number of hydrogen-bond acceptors (Lipinski definition) is 4. The molecule has 1 amide bonds. The average Bonchev–Trinajstić information content (AvgIpc) is 2.68. The highest BCUT2D eigenvalue weighted by Crippen LogP contribution is 2.20. The third-order valence-electron chi connectivity index (χ3n) is 5.04. The molecule has 0 bridgehead atoms. The van der Waals surface area contributed by atoms with Crippen LogP contribution in [-0.2, 0) is 6.54 Å². The van der Waals surface area contributed by atoms with Crippen molar-refractivity contribution in [1.29, 1.82) is 0 Å². The number of rotatable bonds is 8. The standard InChI is InChI=1S/C23H31N3O2/c1-5-7-9-20(8-6-2)17-26-18(3)14-25(15-19(26)4)16-21-10-12-22(13-11-21)23(27)24-28/h5-13,18-19,28H,1-2,14-17H2,3-4H3,(H,24,27)/b9-7-,20-8+. The average molecular weight is 382 g/mol. The summed E-state index contributed by atoms with van der Waals surface area (Å²) in [4.78, 5) is 16.4. The lowest BCUT2D eigenvalue weighted by Crippen LogP contribution is -2.56. The molecule has 0 aliphatic carbocycles. The highest BCUT2D eigenvalue weighted by atomic mass is 16.5. The van der Waals surface area contributed by atoms with Crippen molar-refractivity contribution < 1.29 is 10.0 Å². The number of nitrogens with zero attached hydrogens (tertiary/aromatic N) is 2. The van der Waals surface area contributed by atoms with Gasteiger partial charge in [-0.2, -0.15) is 0 Å². The largest absolute Gasteiger partial charge is 0.296 e. The molecule has 5 nitrogen and oxygen atoms in total. The first-order valence-electron chi connectivity index (χ1n) is 9.60. The van der Waals surface area contributed by atoms with Crippen molar-refractivity contribution in [1.82, 2.24) is 15.3 Å². The number of carbonyl (C=O) groups is 1. The van der Waals surface area contributed by atoms with Crippen molar-refractivity contribution in [3.8, 4) is 0 Å². The SMILES string of the molecule is C=C/C=C\C(=C/C=C)CN1C(C)CN(Cc2ccc(C(=O)NO)cc2)CC1C. The summed E-state index contributed by atoms with van der Waals surface area (Å²) < 4.78 is 0. The first-order chi connectivity index (χ1) is 13.5. The van der Waals surface area contributed by atoms with E-state index in [-0.39, 0.29) is 0 Å². The van der Waals surface area contributed by atoms with Crippen LogP contribution in [0, 0.1) is 0 Å². The Hall–Kier alpha value is -2.47. The summed E-state index contributed by atoms with van der Waals surface area (Å²) in [5.41, 5.74) is 4.49. The predicted octanol–water partition coefficient (Wildman–Crippen LogP) is 3.55. The molecule has 2 N–H and O–H groups in total. The molecule has 0 saturated carbocycles. The van der Waals surface area contributed by atoms with Crippen LogP contribution in [-0.4, -0.2) is 52.6 Å². The van der Waals surface area contributed by atoms with Gasteiger partial charge in [0.1, 0.15) is 0 Å². The van der Waals surface area contributed by atoms with E-state index in [0.717, 1.165) is 31.7 Å². The van der Waals surface area contributed by atoms with Crippen molar-refractivity contribution in [3.05, 3.63) is 84.5 Å². The van der Waals surface area contributed by atoms with Crippen LogP contribution >= 0.6 is 0 Å². The van der Waals surface area contributed by atoms with Gasteiger partial charge in [-0.15, -0.1) is 0 Å². The molecule has 0 spiro atoms. The van der Waals surface area contributed by atoms with Crippen LogP contribution < -0.4 is 5.48 Å². The Bertz CT molecular complexity index is 725. The van der Waals surface area contributed by atoms with E-state index in [1.54, 1.807) is 23.7 Å². The molecule has 1 aliphatic heterocycles. The van der Waals surface area contributed by atoms with Gasteiger partial charge in [0.2, 0.25) is 0 Å². The Morgan fingerprint density at radius 3 is 2.36 bits per heavy atom. The zero-order valence-electron chi connectivity index (χ0n) is 16.8. The van der Waals surface area contributed by atoms with Crippen LogP contribution in [0.2, 0.25) is 0 Å². The predicted molar refractivity (Wildman–Crippen MR) is 114 cm³/mol. The van der Waals surface area contributed by atoms with Crippen LogP contribution in [0.4, 0.5) is 0 Å². The molecule has 1 heterocycles. The number of carbonyl (C=O) groups excluding carboxylic acids is 1. The third-order valence-corrected chi connectivity index (χ3v) is 5.04. The maximum absolute atomic E-state index is 11.4. The first kappa shape index (κ1) is 21.8. The van der Waals surface area contributed by atoms with E-state index < -0.39 is 5.91 Å². The highest BCUT2D eigenvalue weighted by molar-refractivity contribution is 5.93. The molecule has 0 radical (unpaired) electrons. The number of hydrogen-bond donors (Lipinski definition) is 2. The minimum absolute atomic E-state index is 0.425. The van der Waals surface area contributed by atoms with Crippen molar-refractivity contribution in [2.45, 2.75) is 32.5 Å². The van der Waals surface area contributed by atoms with Crippen LogP contribution in [0.15, 0.2) is 73.4 Å². The van der Waals surface area contributed by atoms with E-state index in [1.165, 1.54) is 5.57 Å². The number of piperazine rings is 1. The van der Waals surface area contributed by atoms with Crippen molar-refractivity contribution in [2.24, 2.45) is 0 Å². The molecule has 1 fully saturated rings. The number of allylic oxidation sites excluding steroid dienone is 4. The molecule has 150 valence electrons. The fraction of sp³-hybridized carbons (Fsp3) is 0.348. The van der Waals surface area contributed by atoms with Crippen LogP contribution in [0.3, 0.4) is 0 Å². The van der Waals surface area contributed by atoms with E-state index in [9.17, 15) is 4.79 Å². The minimum atomic E-state index is -0.490. The van der Waals surface area contributed by atoms with Gasteiger partial charge in [0, 0.05) is 43.8 Å². The molecule has 1 aliphatic rings. The number of amides is 1. The summed E-state index contributed by atoms with van der Waals surface area (Å²) in [6, 6.07) is 8.21. The maximum Gasteiger partial charge on any atom is 0.274 e. The number of benzene rings is 1. The number of nitrogens with one attached hydrogen (secondary N) is 1. The lowest BCUT2D eigenvalue weighted by molar-refractivity contribution is 0.0427.